The number of anilines is 2. The lowest BCUT2D eigenvalue weighted by atomic mass is 9.98. The lowest BCUT2D eigenvalue weighted by Gasteiger charge is -2.31. The van der Waals surface area contributed by atoms with Crippen LogP contribution in [0.15, 0.2) is 60.7 Å². The topological polar surface area (TPSA) is 131 Å². The van der Waals surface area contributed by atoms with E-state index >= 15 is 0 Å². The normalized spacial score (nSPS) is 17.3. The minimum Gasteiger partial charge on any atom is -0.466 e. The van der Waals surface area contributed by atoms with Gasteiger partial charge in [0.25, 0.3) is 11.8 Å². The molecule has 11 nitrogen and oxygen atoms in total. The standard InChI is InChI=1S/C38H35Cl2N5O6/c1-21(9-10-22(2)46)17-44-30-14-12-28(42-37(30)50-19-33(44)48)26-7-3-5-24(35(26)39)25-6-4-8-27(36(25)40)29-13-15-31-38(43-29)51-20-34(49)45(31)18-23-11-16-32(47)41-23/h3-8,12-15,21,23H,9-11,16-20H2,1-2H3,(H,41,47)/t21-,23-/m0/s1. The first-order chi connectivity index (χ1) is 24.6. The Labute approximate surface area is 304 Å². The van der Waals surface area contributed by atoms with Gasteiger partial charge in [0.15, 0.2) is 13.2 Å². The Balaban J connectivity index is 1.16. The van der Waals surface area contributed by atoms with Crippen LogP contribution in [0.2, 0.25) is 10.0 Å². The molecule has 2 atom stereocenters. The van der Waals surface area contributed by atoms with Crippen LogP contribution >= 0.6 is 23.2 Å². The van der Waals surface area contributed by atoms with Crippen LogP contribution in [0.5, 0.6) is 11.8 Å². The maximum Gasteiger partial charge on any atom is 0.265 e. The second kappa shape index (κ2) is 14.3. The molecule has 0 bridgehead atoms. The Morgan fingerprint density at radius 3 is 1.88 bits per heavy atom. The van der Waals surface area contributed by atoms with Crippen molar-refractivity contribution in [2.24, 2.45) is 5.92 Å². The van der Waals surface area contributed by atoms with E-state index in [4.69, 9.17) is 42.6 Å². The van der Waals surface area contributed by atoms with Crippen LogP contribution in [0, 0.1) is 5.92 Å². The number of hydrogen-bond donors (Lipinski definition) is 1. The molecule has 5 heterocycles. The van der Waals surface area contributed by atoms with Crippen molar-refractivity contribution < 1.29 is 28.7 Å². The fourth-order valence-electron chi connectivity index (χ4n) is 6.64. The van der Waals surface area contributed by atoms with E-state index < -0.39 is 0 Å². The lowest BCUT2D eigenvalue weighted by molar-refractivity contribution is -0.122. The van der Waals surface area contributed by atoms with E-state index in [-0.39, 0.29) is 48.7 Å². The monoisotopic (exact) mass is 727 g/mol. The molecule has 7 rings (SSSR count). The highest BCUT2D eigenvalue weighted by atomic mass is 35.5. The number of fused-ring (bicyclic) bond motifs is 2. The molecule has 3 amide bonds. The molecule has 0 saturated carbocycles. The molecule has 1 saturated heterocycles. The number of ketones is 1. The lowest BCUT2D eigenvalue weighted by Crippen LogP contribution is -2.46. The number of ether oxygens (including phenoxy) is 2. The van der Waals surface area contributed by atoms with Crippen LogP contribution in [0.3, 0.4) is 0 Å². The molecular formula is C38H35Cl2N5O6. The number of nitrogens with zero attached hydrogens (tertiary/aromatic N) is 4. The molecule has 0 aliphatic carbocycles. The summed E-state index contributed by atoms with van der Waals surface area (Å²) in [4.78, 5) is 61.6. The summed E-state index contributed by atoms with van der Waals surface area (Å²) < 4.78 is 11.5. The number of nitrogens with one attached hydrogen (secondary N) is 1. The van der Waals surface area contributed by atoms with Crippen molar-refractivity contribution in [1.29, 1.82) is 0 Å². The summed E-state index contributed by atoms with van der Waals surface area (Å²) in [5.74, 6) is 0.505. The molecule has 2 aromatic carbocycles. The highest BCUT2D eigenvalue weighted by molar-refractivity contribution is 6.39. The number of benzene rings is 2. The van der Waals surface area contributed by atoms with E-state index in [9.17, 15) is 19.2 Å². The van der Waals surface area contributed by atoms with Gasteiger partial charge in [-0.15, -0.1) is 0 Å². The van der Waals surface area contributed by atoms with Crippen molar-refractivity contribution in [3.63, 3.8) is 0 Å². The number of amides is 3. The number of aromatic nitrogens is 2. The average Bonchev–Trinajstić information content (AvgIpc) is 3.54. The number of hydrogen-bond acceptors (Lipinski definition) is 8. The number of carbonyl (C=O) groups is 4. The molecule has 51 heavy (non-hydrogen) atoms. The smallest absolute Gasteiger partial charge is 0.265 e. The van der Waals surface area contributed by atoms with E-state index in [0.717, 1.165) is 0 Å². The summed E-state index contributed by atoms with van der Waals surface area (Å²) in [5, 5.41) is 3.77. The summed E-state index contributed by atoms with van der Waals surface area (Å²) in [6.45, 7) is 4.10. The zero-order chi connectivity index (χ0) is 35.8. The molecule has 3 aliphatic heterocycles. The second-order valence-electron chi connectivity index (χ2n) is 13.1. The Morgan fingerprint density at radius 1 is 0.824 bits per heavy atom. The molecule has 1 fully saturated rings. The fourth-order valence-corrected chi connectivity index (χ4v) is 7.29. The maximum atomic E-state index is 12.8. The molecule has 0 spiro atoms. The quantitative estimate of drug-likeness (QED) is 0.195. The molecule has 0 radical (unpaired) electrons. The molecule has 0 unspecified atom stereocenters. The Morgan fingerprint density at radius 2 is 1.35 bits per heavy atom. The first kappa shape index (κ1) is 34.4. The molecule has 13 heteroatoms. The Hall–Kier alpha value is -5.00. The van der Waals surface area contributed by atoms with Crippen LogP contribution in [0.4, 0.5) is 11.4 Å². The third-order valence-corrected chi connectivity index (χ3v) is 10.2. The number of halogens is 2. The largest absolute Gasteiger partial charge is 0.466 e. The van der Waals surface area contributed by atoms with E-state index in [1.807, 2.05) is 55.5 Å². The van der Waals surface area contributed by atoms with Crippen molar-refractivity contribution in [3.8, 4) is 45.4 Å². The first-order valence-electron chi connectivity index (χ1n) is 16.8. The van der Waals surface area contributed by atoms with Gasteiger partial charge in [-0.1, -0.05) is 66.5 Å². The summed E-state index contributed by atoms with van der Waals surface area (Å²) in [6.07, 6.45) is 2.26. The van der Waals surface area contributed by atoms with Gasteiger partial charge in [-0.2, -0.15) is 0 Å². The summed E-state index contributed by atoms with van der Waals surface area (Å²) >= 11 is 14.2. The first-order valence-corrected chi connectivity index (χ1v) is 17.6. The van der Waals surface area contributed by atoms with Crippen molar-refractivity contribution in [2.45, 2.75) is 45.6 Å². The highest BCUT2D eigenvalue weighted by Crippen LogP contribution is 2.44. The molecule has 4 aromatic rings. The minimum absolute atomic E-state index is 0.0176. The molecular weight excluding hydrogens is 693 g/mol. The minimum atomic E-state index is -0.200. The van der Waals surface area contributed by atoms with Crippen LogP contribution in [0.25, 0.3) is 33.6 Å². The number of carbonyl (C=O) groups excluding carboxylic acids is 4. The number of pyridine rings is 2. The van der Waals surface area contributed by atoms with Gasteiger partial charge in [-0.05, 0) is 49.9 Å². The van der Waals surface area contributed by atoms with Crippen LogP contribution < -0.4 is 24.6 Å². The van der Waals surface area contributed by atoms with Crippen molar-refractivity contribution in [3.05, 3.63) is 70.7 Å². The summed E-state index contributed by atoms with van der Waals surface area (Å²) in [7, 11) is 0. The van der Waals surface area contributed by atoms with Gasteiger partial charge >= 0.3 is 0 Å². The van der Waals surface area contributed by atoms with Crippen LogP contribution in [-0.4, -0.2) is 65.8 Å². The van der Waals surface area contributed by atoms with Crippen molar-refractivity contribution in [1.82, 2.24) is 15.3 Å². The molecule has 1 N–H and O–H groups in total. The van der Waals surface area contributed by atoms with E-state index in [1.165, 1.54) is 0 Å². The SMILES string of the molecule is CC(=O)CC[C@H](C)CN1C(=O)COc2nc(-c3cccc(-c4cccc(-c5ccc6c(n5)OCC(=O)N6C[C@@H]5CCC(=O)N5)c4Cl)c3Cl)ccc21. The zero-order valence-corrected chi connectivity index (χ0v) is 29.6. The van der Waals surface area contributed by atoms with Gasteiger partial charge in [0.2, 0.25) is 17.7 Å². The molecule has 262 valence electrons. The average molecular weight is 729 g/mol. The summed E-state index contributed by atoms with van der Waals surface area (Å²) in [5.41, 5.74) is 4.90. The van der Waals surface area contributed by atoms with Crippen molar-refractivity contribution in [2.75, 3.05) is 36.1 Å². The third-order valence-electron chi connectivity index (χ3n) is 9.34. The van der Waals surface area contributed by atoms with Crippen molar-refractivity contribution >= 4 is 58.1 Å². The van der Waals surface area contributed by atoms with Gasteiger partial charge in [0.05, 0.1) is 21.4 Å². The second-order valence-corrected chi connectivity index (χ2v) is 13.9. The van der Waals surface area contributed by atoms with Gasteiger partial charge in [0.1, 0.15) is 17.2 Å². The predicted octanol–water partition coefficient (Wildman–Crippen LogP) is 6.52. The van der Waals surface area contributed by atoms with E-state index in [1.54, 1.807) is 28.9 Å². The molecule has 3 aliphatic rings. The number of Topliss-reactive ketones (excluding diaryl/α,β-unsaturated/α-hetero) is 1. The van der Waals surface area contributed by atoms with E-state index in [2.05, 4.69) is 5.32 Å². The zero-order valence-electron chi connectivity index (χ0n) is 28.1. The highest BCUT2D eigenvalue weighted by Gasteiger charge is 2.32. The Kier molecular flexibility index (Phi) is 9.67. The van der Waals surface area contributed by atoms with Gasteiger partial charge in [-0.3, -0.25) is 14.4 Å². The molecule has 2 aromatic heterocycles. The van der Waals surface area contributed by atoms with Gasteiger partial charge < -0.3 is 29.4 Å². The maximum absolute atomic E-state index is 12.8. The van der Waals surface area contributed by atoms with Gasteiger partial charge in [-0.25, -0.2) is 9.97 Å². The van der Waals surface area contributed by atoms with Gasteiger partial charge in [0, 0.05) is 54.2 Å². The predicted molar refractivity (Wildman–Crippen MR) is 194 cm³/mol. The fraction of sp³-hybridized carbons (Fsp3) is 0.316. The third kappa shape index (κ3) is 7.00. The van der Waals surface area contributed by atoms with Crippen LogP contribution in [-0.2, 0) is 19.2 Å². The Bertz CT molecular complexity index is 2070. The van der Waals surface area contributed by atoms with E-state index in [0.29, 0.717) is 106 Å². The number of rotatable bonds is 10. The summed E-state index contributed by atoms with van der Waals surface area (Å²) in [6, 6.07) is 18.3. The van der Waals surface area contributed by atoms with Crippen LogP contribution in [0.1, 0.15) is 39.5 Å².